The summed E-state index contributed by atoms with van der Waals surface area (Å²) in [5, 5.41) is 9.17. The number of nitrogens with zero attached hydrogens (tertiary/aromatic N) is 3. The maximum atomic E-state index is 14.5. The van der Waals surface area contributed by atoms with Crippen LogP contribution in [0.25, 0.3) is 0 Å². The summed E-state index contributed by atoms with van der Waals surface area (Å²) in [6, 6.07) is -0.568. The van der Waals surface area contributed by atoms with Gasteiger partial charge in [0.05, 0.1) is 17.9 Å². The number of amides is 3. The van der Waals surface area contributed by atoms with E-state index >= 15 is 0 Å². The second kappa shape index (κ2) is 13.4. The maximum Gasteiger partial charge on any atom is 0.248 e. The van der Waals surface area contributed by atoms with Crippen LogP contribution in [-0.4, -0.2) is 94.1 Å². The molecule has 4 aliphatic rings. The van der Waals surface area contributed by atoms with Crippen molar-refractivity contribution < 1.29 is 24.2 Å². The van der Waals surface area contributed by atoms with Gasteiger partial charge in [-0.3, -0.25) is 14.4 Å². The zero-order valence-electron chi connectivity index (χ0n) is 23.9. The second-order valence-electron chi connectivity index (χ2n) is 11.9. The molecule has 3 aliphatic heterocycles. The number of hydrogen-bond donors (Lipinski definition) is 1. The lowest BCUT2D eigenvalue weighted by Crippen LogP contribution is -2.58. The summed E-state index contributed by atoms with van der Waals surface area (Å²) in [6.07, 6.45) is 13.9. The van der Waals surface area contributed by atoms with Crippen LogP contribution in [0.2, 0.25) is 0 Å². The Balaban J connectivity index is 1.66. The molecule has 0 aromatic rings. The van der Waals surface area contributed by atoms with Crippen molar-refractivity contribution in [2.24, 2.45) is 11.8 Å². The summed E-state index contributed by atoms with van der Waals surface area (Å²) in [7, 11) is 0. The van der Waals surface area contributed by atoms with Crippen molar-refractivity contribution in [2.75, 3.05) is 32.8 Å². The molecule has 0 aromatic heterocycles. The van der Waals surface area contributed by atoms with E-state index in [1.54, 1.807) is 22.0 Å². The summed E-state index contributed by atoms with van der Waals surface area (Å²) in [5.41, 5.74) is -0.954. The number of likely N-dealkylation sites (tertiary alicyclic amines) is 1. The van der Waals surface area contributed by atoms with Gasteiger partial charge in [-0.05, 0) is 44.9 Å². The smallest absolute Gasteiger partial charge is 0.248 e. The molecule has 3 amide bonds. The molecule has 4 rings (SSSR count). The third kappa shape index (κ3) is 5.69. The largest absolute Gasteiger partial charge is 0.396 e. The number of carbonyl (C=O) groups excluding carboxylic acids is 3. The highest BCUT2D eigenvalue weighted by Gasteiger charge is 2.74. The molecule has 4 fully saturated rings. The number of fused-ring (bicyclic) bond motifs is 1. The average molecular weight is 544 g/mol. The topological polar surface area (TPSA) is 90.4 Å². The third-order valence-corrected chi connectivity index (χ3v) is 9.41. The van der Waals surface area contributed by atoms with Gasteiger partial charge in [-0.25, -0.2) is 0 Å². The quantitative estimate of drug-likeness (QED) is 0.251. The number of unbranched alkanes of at least 4 members (excludes halogenated alkanes) is 3. The van der Waals surface area contributed by atoms with Gasteiger partial charge in [0.2, 0.25) is 17.7 Å². The Bertz CT molecular complexity index is 903. The van der Waals surface area contributed by atoms with Crippen molar-refractivity contribution >= 4 is 17.7 Å². The first kappa shape index (κ1) is 29.8. The van der Waals surface area contributed by atoms with E-state index in [1.807, 2.05) is 11.8 Å². The Morgan fingerprint density at radius 2 is 1.77 bits per heavy atom. The molecule has 1 saturated carbocycles. The minimum Gasteiger partial charge on any atom is -0.396 e. The Morgan fingerprint density at radius 3 is 2.44 bits per heavy atom. The van der Waals surface area contributed by atoms with Gasteiger partial charge in [-0.2, -0.15) is 0 Å². The molecule has 0 aromatic carbocycles. The summed E-state index contributed by atoms with van der Waals surface area (Å²) in [5.74, 6) is -1.38. The lowest BCUT2D eigenvalue weighted by Gasteiger charge is -2.40. The van der Waals surface area contributed by atoms with Crippen LogP contribution in [0, 0.1) is 11.8 Å². The Hall–Kier alpha value is -2.19. The molecule has 1 N–H and O–H groups in total. The van der Waals surface area contributed by atoms with Crippen LogP contribution in [0.1, 0.15) is 84.0 Å². The van der Waals surface area contributed by atoms with Gasteiger partial charge in [0.25, 0.3) is 0 Å². The molecule has 5 atom stereocenters. The van der Waals surface area contributed by atoms with Crippen LogP contribution in [0.3, 0.4) is 0 Å². The van der Waals surface area contributed by atoms with E-state index < -0.39 is 23.5 Å². The molecule has 1 spiro atoms. The van der Waals surface area contributed by atoms with E-state index in [9.17, 15) is 14.4 Å². The zero-order chi connectivity index (χ0) is 28.0. The van der Waals surface area contributed by atoms with Gasteiger partial charge in [0.1, 0.15) is 11.6 Å². The first-order chi connectivity index (χ1) is 18.9. The minimum absolute atomic E-state index is 0.0433. The predicted molar refractivity (Wildman–Crippen MR) is 151 cm³/mol. The third-order valence-electron chi connectivity index (χ3n) is 9.41. The fraction of sp³-hybridized carbons (Fsp3) is 0.774. The summed E-state index contributed by atoms with van der Waals surface area (Å²) in [4.78, 5) is 48.2. The van der Waals surface area contributed by atoms with Crippen LogP contribution in [0.4, 0.5) is 0 Å². The highest BCUT2D eigenvalue weighted by molar-refractivity contribution is 5.99. The summed E-state index contributed by atoms with van der Waals surface area (Å²) < 4.78 is 6.68. The molecule has 1 aliphatic carbocycles. The average Bonchev–Trinajstić information content (AvgIpc) is 3.58. The normalized spacial score (nSPS) is 29.9. The number of aliphatic hydroxyl groups excluding tert-OH is 1. The van der Waals surface area contributed by atoms with Gasteiger partial charge in [0.15, 0.2) is 0 Å². The highest BCUT2D eigenvalue weighted by atomic mass is 16.5. The first-order valence-electron chi connectivity index (χ1n) is 15.3. The fourth-order valence-corrected chi connectivity index (χ4v) is 7.74. The van der Waals surface area contributed by atoms with Crippen LogP contribution >= 0.6 is 0 Å². The SMILES string of the molecule is C=CCN(CCC)C(=O)[C@@H]1[C@H]2C(=O)N(CCCCCCO)C(C(=O)N(CC=C)C3CCCCC3)C23CC[C@H]1O3. The van der Waals surface area contributed by atoms with Crippen molar-refractivity contribution in [3.05, 3.63) is 25.3 Å². The number of hydrogen-bond acceptors (Lipinski definition) is 5. The zero-order valence-corrected chi connectivity index (χ0v) is 23.9. The number of ether oxygens (including phenoxy) is 1. The molecule has 39 heavy (non-hydrogen) atoms. The predicted octanol–water partition coefficient (Wildman–Crippen LogP) is 3.69. The number of aliphatic hydroxyl groups is 1. The van der Waals surface area contributed by atoms with Crippen molar-refractivity contribution in [2.45, 2.75) is 108 Å². The maximum absolute atomic E-state index is 14.5. The highest BCUT2D eigenvalue weighted by Crippen LogP contribution is 2.59. The minimum atomic E-state index is -0.954. The van der Waals surface area contributed by atoms with Crippen molar-refractivity contribution in [1.29, 1.82) is 0 Å². The molecule has 3 heterocycles. The van der Waals surface area contributed by atoms with E-state index in [-0.39, 0.29) is 36.5 Å². The lowest BCUT2D eigenvalue weighted by atomic mass is 9.70. The standard InChI is InChI=1S/C31H49N3O5/c1-4-18-32(19-5-2)28(36)25-24-16-17-31(39-24)26(25)29(37)34(21-12-7-8-13-22-35)27(31)30(38)33(20-6-3)23-14-10-9-11-15-23/h4,6,23-27,35H,1,3,5,7-22H2,2H3/t24-,25+,26+,27?,31?/m1/s1. The summed E-state index contributed by atoms with van der Waals surface area (Å²) in [6.45, 7) is 11.9. The molecule has 2 unspecified atom stereocenters. The van der Waals surface area contributed by atoms with Crippen LogP contribution in [0.5, 0.6) is 0 Å². The van der Waals surface area contributed by atoms with Crippen LogP contribution < -0.4 is 0 Å². The van der Waals surface area contributed by atoms with E-state index in [0.717, 1.165) is 57.8 Å². The Kier molecular flexibility index (Phi) is 10.3. The van der Waals surface area contributed by atoms with Gasteiger partial charge < -0.3 is 24.5 Å². The van der Waals surface area contributed by atoms with Crippen LogP contribution in [0.15, 0.2) is 25.3 Å². The van der Waals surface area contributed by atoms with Crippen LogP contribution in [-0.2, 0) is 19.1 Å². The molecule has 3 saturated heterocycles. The lowest BCUT2D eigenvalue weighted by molar-refractivity contribution is -0.150. The molecule has 8 heteroatoms. The summed E-state index contributed by atoms with van der Waals surface area (Å²) >= 11 is 0. The Morgan fingerprint density at radius 1 is 1.05 bits per heavy atom. The molecule has 218 valence electrons. The molecule has 2 bridgehead atoms. The molecule has 0 radical (unpaired) electrons. The van der Waals surface area contributed by atoms with Crippen molar-refractivity contribution in [3.8, 4) is 0 Å². The van der Waals surface area contributed by atoms with Gasteiger partial charge in [-0.1, -0.05) is 51.2 Å². The van der Waals surface area contributed by atoms with Gasteiger partial charge in [0, 0.05) is 38.8 Å². The number of rotatable bonds is 15. The van der Waals surface area contributed by atoms with E-state index in [4.69, 9.17) is 9.84 Å². The second-order valence-corrected chi connectivity index (χ2v) is 11.9. The Labute approximate surface area is 234 Å². The van der Waals surface area contributed by atoms with E-state index in [0.29, 0.717) is 39.0 Å². The van der Waals surface area contributed by atoms with Crippen molar-refractivity contribution in [3.63, 3.8) is 0 Å². The molecule has 8 nitrogen and oxygen atoms in total. The van der Waals surface area contributed by atoms with Gasteiger partial charge in [-0.15, -0.1) is 13.2 Å². The monoisotopic (exact) mass is 543 g/mol. The van der Waals surface area contributed by atoms with E-state index in [1.165, 1.54) is 6.42 Å². The first-order valence-corrected chi connectivity index (χ1v) is 15.3. The number of carbonyl (C=O) groups is 3. The van der Waals surface area contributed by atoms with Gasteiger partial charge >= 0.3 is 0 Å². The fourth-order valence-electron chi connectivity index (χ4n) is 7.74. The molecular formula is C31H49N3O5. The van der Waals surface area contributed by atoms with Crippen molar-refractivity contribution in [1.82, 2.24) is 14.7 Å². The van der Waals surface area contributed by atoms with E-state index in [2.05, 4.69) is 13.2 Å². The molecular weight excluding hydrogens is 494 g/mol.